The van der Waals surface area contributed by atoms with Gasteiger partial charge in [-0.05, 0) is 12.2 Å². The summed E-state index contributed by atoms with van der Waals surface area (Å²) in [5.74, 6) is -0.0412. The third-order valence-corrected chi connectivity index (χ3v) is 1.21. The van der Waals surface area contributed by atoms with Crippen molar-refractivity contribution in [2.45, 2.75) is 6.10 Å². The van der Waals surface area contributed by atoms with Crippen LogP contribution in [0.15, 0.2) is 24.3 Å². The second kappa shape index (κ2) is 3.83. The molecule has 0 saturated carbocycles. The Labute approximate surface area is 64.3 Å². The van der Waals surface area contributed by atoms with Crippen molar-refractivity contribution in [3.8, 4) is 0 Å². The molecule has 1 fully saturated rings. The van der Waals surface area contributed by atoms with Gasteiger partial charge in [-0.15, -0.1) is 0 Å². The third kappa shape index (κ3) is 2.91. The first-order valence-corrected chi connectivity index (χ1v) is 3.28. The van der Waals surface area contributed by atoms with Crippen LogP contribution in [0.2, 0.25) is 0 Å². The van der Waals surface area contributed by atoms with Crippen molar-refractivity contribution in [2.75, 3.05) is 6.61 Å². The van der Waals surface area contributed by atoms with Crippen LogP contribution in [0.25, 0.3) is 0 Å². The minimum atomic E-state index is -0.226. The van der Waals surface area contributed by atoms with Crippen LogP contribution in [0.4, 0.5) is 0 Å². The average molecular weight is 152 g/mol. The summed E-state index contributed by atoms with van der Waals surface area (Å²) < 4.78 is 4.73. The van der Waals surface area contributed by atoms with Crippen LogP contribution in [-0.2, 0) is 14.3 Å². The monoisotopic (exact) mass is 152 g/mol. The Bertz CT molecular complexity index is 211. The third-order valence-electron chi connectivity index (χ3n) is 1.21. The molecule has 0 aliphatic carbocycles. The lowest BCUT2D eigenvalue weighted by atomic mass is 10.3. The fourth-order valence-corrected chi connectivity index (χ4v) is 0.580. The summed E-state index contributed by atoms with van der Waals surface area (Å²) in [6.45, 7) is 0.528. The number of allylic oxidation sites excluding steroid dienone is 3. The van der Waals surface area contributed by atoms with Crippen molar-refractivity contribution >= 4 is 12.1 Å². The summed E-state index contributed by atoms with van der Waals surface area (Å²) in [7, 11) is 0. The van der Waals surface area contributed by atoms with Crippen LogP contribution in [0.5, 0.6) is 0 Å². The van der Waals surface area contributed by atoms with Crippen LogP contribution < -0.4 is 0 Å². The second-order valence-corrected chi connectivity index (χ2v) is 2.10. The van der Waals surface area contributed by atoms with E-state index in [2.05, 4.69) is 0 Å². The summed E-state index contributed by atoms with van der Waals surface area (Å²) in [4.78, 5) is 20.6. The standard InChI is InChI=1S/C8H8O3/c9-5-3-1-2-4-7(10)8-6-11-8/h1-5,8H,6H2/b3-1+,4-2+. The molecule has 0 bridgehead atoms. The second-order valence-electron chi connectivity index (χ2n) is 2.10. The lowest BCUT2D eigenvalue weighted by molar-refractivity contribution is -0.115. The normalized spacial score (nSPS) is 22.7. The van der Waals surface area contributed by atoms with Crippen molar-refractivity contribution in [2.24, 2.45) is 0 Å². The molecule has 0 radical (unpaired) electrons. The molecular formula is C8H8O3. The van der Waals surface area contributed by atoms with Crippen molar-refractivity contribution in [3.63, 3.8) is 0 Å². The Morgan fingerprint density at radius 1 is 1.36 bits per heavy atom. The predicted octanol–water partition coefficient (Wildman–Crippen LogP) is 0.266. The Morgan fingerprint density at radius 2 is 2.09 bits per heavy atom. The summed E-state index contributed by atoms with van der Waals surface area (Å²) in [5, 5.41) is 0. The van der Waals surface area contributed by atoms with Gasteiger partial charge in [-0.2, -0.15) is 0 Å². The van der Waals surface area contributed by atoms with E-state index in [1.807, 2.05) is 0 Å². The molecule has 58 valence electrons. The van der Waals surface area contributed by atoms with E-state index in [0.29, 0.717) is 12.9 Å². The number of aldehydes is 1. The van der Waals surface area contributed by atoms with Gasteiger partial charge in [0.15, 0.2) is 5.78 Å². The molecule has 0 spiro atoms. The summed E-state index contributed by atoms with van der Waals surface area (Å²) in [5.41, 5.74) is 0. The number of carbonyl (C=O) groups excluding carboxylic acids is 2. The van der Waals surface area contributed by atoms with Crippen molar-refractivity contribution < 1.29 is 14.3 Å². The quantitative estimate of drug-likeness (QED) is 0.251. The van der Waals surface area contributed by atoms with Crippen molar-refractivity contribution in [1.82, 2.24) is 0 Å². The summed E-state index contributed by atoms with van der Waals surface area (Å²) in [6, 6.07) is 0. The van der Waals surface area contributed by atoms with Crippen LogP contribution in [-0.4, -0.2) is 24.8 Å². The van der Waals surface area contributed by atoms with E-state index < -0.39 is 0 Å². The van der Waals surface area contributed by atoms with Gasteiger partial charge in [0, 0.05) is 0 Å². The number of rotatable bonds is 4. The average Bonchev–Trinajstić information content (AvgIpc) is 2.79. The molecule has 3 nitrogen and oxygen atoms in total. The highest BCUT2D eigenvalue weighted by Crippen LogP contribution is 2.09. The maximum atomic E-state index is 10.8. The molecule has 1 saturated heterocycles. The lowest BCUT2D eigenvalue weighted by Gasteiger charge is -1.80. The number of ether oxygens (including phenoxy) is 1. The smallest absolute Gasteiger partial charge is 0.186 e. The Morgan fingerprint density at radius 3 is 2.64 bits per heavy atom. The van der Waals surface area contributed by atoms with E-state index in [4.69, 9.17) is 4.74 Å². The predicted molar refractivity (Wildman–Crippen MR) is 39.1 cm³/mol. The van der Waals surface area contributed by atoms with E-state index in [1.165, 1.54) is 24.3 Å². The van der Waals surface area contributed by atoms with E-state index in [1.54, 1.807) is 0 Å². The fraction of sp³-hybridized carbons (Fsp3) is 0.250. The zero-order chi connectivity index (χ0) is 8.10. The van der Waals surface area contributed by atoms with Crippen LogP contribution in [0, 0.1) is 0 Å². The van der Waals surface area contributed by atoms with Gasteiger partial charge < -0.3 is 4.74 Å². The molecular weight excluding hydrogens is 144 g/mol. The molecule has 11 heavy (non-hydrogen) atoms. The largest absolute Gasteiger partial charge is 0.364 e. The topological polar surface area (TPSA) is 46.7 Å². The molecule has 0 aromatic heterocycles. The van der Waals surface area contributed by atoms with E-state index in [0.717, 1.165) is 0 Å². The Hall–Kier alpha value is -1.22. The minimum absolute atomic E-state index is 0.0412. The van der Waals surface area contributed by atoms with Gasteiger partial charge in [0.2, 0.25) is 0 Å². The highest BCUT2D eigenvalue weighted by Gasteiger charge is 2.28. The number of epoxide rings is 1. The van der Waals surface area contributed by atoms with Gasteiger partial charge in [-0.1, -0.05) is 12.2 Å². The highest BCUT2D eigenvalue weighted by molar-refractivity contribution is 5.95. The molecule has 1 unspecified atom stereocenters. The first-order chi connectivity index (χ1) is 5.34. The molecule has 1 aliphatic rings. The maximum absolute atomic E-state index is 10.8. The molecule has 1 rings (SSSR count). The van der Waals surface area contributed by atoms with Crippen molar-refractivity contribution in [1.29, 1.82) is 0 Å². The minimum Gasteiger partial charge on any atom is -0.364 e. The molecule has 0 amide bonds. The first-order valence-electron chi connectivity index (χ1n) is 3.28. The number of carbonyl (C=O) groups is 2. The summed E-state index contributed by atoms with van der Waals surface area (Å²) in [6.07, 6.45) is 6.18. The highest BCUT2D eigenvalue weighted by atomic mass is 16.6. The van der Waals surface area contributed by atoms with Crippen molar-refractivity contribution in [3.05, 3.63) is 24.3 Å². The molecule has 3 heteroatoms. The Kier molecular flexibility index (Phi) is 2.74. The zero-order valence-electron chi connectivity index (χ0n) is 5.90. The molecule has 0 aromatic carbocycles. The number of ketones is 1. The SMILES string of the molecule is O=C/C=C/C=C/C(=O)C1CO1. The van der Waals surface area contributed by atoms with Gasteiger partial charge in [0.05, 0.1) is 6.61 Å². The molecule has 0 aromatic rings. The van der Waals surface area contributed by atoms with Gasteiger partial charge >= 0.3 is 0 Å². The molecule has 0 N–H and O–H groups in total. The Balaban J connectivity index is 2.27. The van der Waals surface area contributed by atoms with Gasteiger partial charge in [0.25, 0.3) is 0 Å². The maximum Gasteiger partial charge on any atom is 0.186 e. The van der Waals surface area contributed by atoms with Gasteiger partial charge in [-0.3, -0.25) is 9.59 Å². The zero-order valence-corrected chi connectivity index (χ0v) is 5.90. The van der Waals surface area contributed by atoms with Gasteiger partial charge in [-0.25, -0.2) is 0 Å². The molecule has 1 aliphatic heterocycles. The van der Waals surface area contributed by atoms with Crippen LogP contribution in [0.1, 0.15) is 0 Å². The first kappa shape index (κ1) is 7.88. The van der Waals surface area contributed by atoms with E-state index in [-0.39, 0.29) is 11.9 Å². The molecule has 1 atom stereocenters. The summed E-state index contributed by atoms with van der Waals surface area (Å²) >= 11 is 0. The number of hydrogen-bond acceptors (Lipinski definition) is 3. The van der Waals surface area contributed by atoms with Crippen LogP contribution >= 0.6 is 0 Å². The van der Waals surface area contributed by atoms with Gasteiger partial charge in [0.1, 0.15) is 12.4 Å². The lowest BCUT2D eigenvalue weighted by Crippen LogP contribution is -2.00. The fourth-order valence-electron chi connectivity index (χ4n) is 0.580. The number of hydrogen-bond donors (Lipinski definition) is 0. The van der Waals surface area contributed by atoms with Crippen LogP contribution in [0.3, 0.4) is 0 Å². The van der Waals surface area contributed by atoms with E-state index in [9.17, 15) is 9.59 Å². The molecule has 1 heterocycles. The van der Waals surface area contributed by atoms with E-state index >= 15 is 0 Å².